The van der Waals surface area contributed by atoms with E-state index in [-0.39, 0.29) is 10.9 Å². The Balaban J connectivity index is 2.44. The summed E-state index contributed by atoms with van der Waals surface area (Å²) in [6.07, 6.45) is 1.21. The third-order valence-corrected chi connectivity index (χ3v) is 2.62. The standard InChI is InChI=1S/C12H17ClFN3O/c1-2-4-17-12(18)3-5-16-11-7-9(14)8(13)6-10(11)15/h6-7,16H,2-5,15H2,1H3,(H,17,18). The molecule has 0 heterocycles. The van der Waals surface area contributed by atoms with E-state index in [0.29, 0.717) is 30.9 Å². The van der Waals surface area contributed by atoms with Gasteiger partial charge in [-0.2, -0.15) is 0 Å². The first-order valence-electron chi connectivity index (χ1n) is 5.79. The van der Waals surface area contributed by atoms with Crippen molar-refractivity contribution < 1.29 is 9.18 Å². The molecule has 0 unspecified atom stereocenters. The summed E-state index contributed by atoms with van der Waals surface area (Å²) in [5, 5.41) is 5.64. The molecule has 1 aromatic carbocycles. The SMILES string of the molecule is CCCNC(=O)CCNc1cc(F)c(Cl)cc1N. The van der Waals surface area contributed by atoms with E-state index in [4.69, 9.17) is 17.3 Å². The molecule has 1 rings (SSSR count). The van der Waals surface area contributed by atoms with Gasteiger partial charge in [-0.3, -0.25) is 4.79 Å². The first-order chi connectivity index (χ1) is 8.54. The van der Waals surface area contributed by atoms with Crippen LogP contribution in [-0.4, -0.2) is 19.0 Å². The Morgan fingerprint density at radius 1 is 1.44 bits per heavy atom. The zero-order chi connectivity index (χ0) is 13.5. The largest absolute Gasteiger partial charge is 0.397 e. The van der Waals surface area contributed by atoms with E-state index in [1.54, 1.807) is 0 Å². The van der Waals surface area contributed by atoms with Gasteiger partial charge in [-0.1, -0.05) is 18.5 Å². The van der Waals surface area contributed by atoms with Gasteiger partial charge in [0.15, 0.2) is 0 Å². The molecule has 1 aromatic rings. The van der Waals surface area contributed by atoms with Crippen LogP contribution in [0.2, 0.25) is 5.02 Å². The molecule has 0 saturated heterocycles. The maximum atomic E-state index is 13.2. The average Bonchev–Trinajstić information content (AvgIpc) is 2.33. The predicted molar refractivity (Wildman–Crippen MR) is 72.2 cm³/mol. The van der Waals surface area contributed by atoms with Crippen LogP contribution in [0.15, 0.2) is 12.1 Å². The van der Waals surface area contributed by atoms with Crippen LogP contribution in [0.1, 0.15) is 19.8 Å². The van der Waals surface area contributed by atoms with Gasteiger partial charge in [0.1, 0.15) is 5.82 Å². The number of halogens is 2. The van der Waals surface area contributed by atoms with Gasteiger partial charge in [-0.05, 0) is 12.5 Å². The Kier molecular flexibility index (Phi) is 5.71. The van der Waals surface area contributed by atoms with Gasteiger partial charge in [0, 0.05) is 25.6 Å². The number of nitrogens with one attached hydrogen (secondary N) is 2. The van der Waals surface area contributed by atoms with Crippen molar-refractivity contribution in [2.24, 2.45) is 0 Å². The highest BCUT2D eigenvalue weighted by Crippen LogP contribution is 2.25. The van der Waals surface area contributed by atoms with Crippen molar-refractivity contribution in [2.75, 3.05) is 24.1 Å². The highest BCUT2D eigenvalue weighted by Gasteiger charge is 2.06. The number of hydrogen-bond acceptors (Lipinski definition) is 3. The highest BCUT2D eigenvalue weighted by molar-refractivity contribution is 6.31. The first-order valence-corrected chi connectivity index (χ1v) is 6.17. The minimum atomic E-state index is -0.538. The maximum Gasteiger partial charge on any atom is 0.221 e. The molecule has 4 N–H and O–H groups in total. The average molecular weight is 274 g/mol. The molecule has 0 saturated carbocycles. The van der Waals surface area contributed by atoms with E-state index < -0.39 is 5.82 Å². The predicted octanol–water partition coefficient (Wildman–Crippen LogP) is 2.39. The molecule has 0 aliphatic heterocycles. The lowest BCUT2D eigenvalue weighted by Gasteiger charge is -2.10. The monoisotopic (exact) mass is 273 g/mol. The number of carbonyl (C=O) groups excluding carboxylic acids is 1. The number of carbonyl (C=O) groups is 1. The zero-order valence-electron chi connectivity index (χ0n) is 10.2. The minimum Gasteiger partial charge on any atom is -0.397 e. The summed E-state index contributed by atoms with van der Waals surface area (Å²) < 4.78 is 13.2. The van der Waals surface area contributed by atoms with Gasteiger partial charge in [0.05, 0.1) is 16.4 Å². The van der Waals surface area contributed by atoms with Crippen molar-refractivity contribution in [1.29, 1.82) is 0 Å². The molecule has 0 bridgehead atoms. The normalized spacial score (nSPS) is 10.2. The Labute approximate surface area is 111 Å². The Bertz CT molecular complexity index is 426. The van der Waals surface area contributed by atoms with Gasteiger partial charge >= 0.3 is 0 Å². The maximum absolute atomic E-state index is 13.2. The molecule has 100 valence electrons. The number of benzene rings is 1. The first kappa shape index (κ1) is 14.6. The zero-order valence-corrected chi connectivity index (χ0v) is 11.0. The molecule has 4 nitrogen and oxygen atoms in total. The summed E-state index contributed by atoms with van der Waals surface area (Å²) in [7, 11) is 0. The lowest BCUT2D eigenvalue weighted by Crippen LogP contribution is -2.25. The molecule has 1 amide bonds. The number of nitrogen functional groups attached to an aromatic ring is 1. The molecule has 0 aliphatic rings. The van der Waals surface area contributed by atoms with Crippen molar-refractivity contribution in [3.63, 3.8) is 0 Å². The lowest BCUT2D eigenvalue weighted by atomic mass is 10.2. The smallest absolute Gasteiger partial charge is 0.221 e. The molecule has 0 atom stereocenters. The molecule has 0 radical (unpaired) electrons. The van der Waals surface area contributed by atoms with Crippen molar-refractivity contribution in [2.45, 2.75) is 19.8 Å². The molecule has 6 heteroatoms. The number of amides is 1. The van der Waals surface area contributed by atoms with Crippen LogP contribution in [0.3, 0.4) is 0 Å². The fourth-order valence-corrected chi connectivity index (χ4v) is 1.55. The number of hydrogen-bond donors (Lipinski definition) is 3. The quantitative estimate of drug-likeness (QED) is 0.697. The van der Waals surface area contributed by atoms with E-state index in [9.17, 15) is 9.18 Å². The second-order valence-corrected chi connectivity index (χ2v) is 4.29. The highest BCUT2D eigenvalue weighted by atomic mass is 35.5. The van der Waals surface area contributed by atoms with Gasteiger partial charge in [0.25, 0.3) is 0 Å². The summed E-state index contributed by atoms with van der Waals surface area (Å²) in [6.45, 7) is 3.03. The van der Waals surface area contributed by atoms with Crippen LogP contribution in [-0.2, 0) is 4.79 Å². The van der Waals surface area contributed by atoms with Crippen molar-refractivity contribution in [3.8, 4) is 0 Å². The Morgan fingerprint density at radius 2 is 2.17 bits per heavy atom. The van der Waals surface area contributed by atoms with Crippen molar-refractivity contribution in [1.82, 2.24) is 5.32 Å². The second-order valence-electron chi connectivity index (χ2n) is 3.88. The number of anilines is 2. The molecule has 18 heavy (non-hydrogen) atoms. The van der Waals surface area contributed by atoms with E-state index in [1.165, 1.54) is 12.1 Å². The topological polar surface area (TPSA) is 67.2 Å². The fourth-order valence-electron chi connectivity index (χ4n) is 1.38. The minimum absolute atomic E-state index is 0.0151. The second kappa shape index (κ2) is 7.06. The Morgan fingerprint density at radius 3 is 2.83 bits per heavy atom. The molecular formula is C12H17ClFN3O. The third-order valence-electron chi connectivity index (χ3n) is 2.33. The van der Waals surface area contributed by atoms with E-state index >= 15 is 0 Å². The summed E-state index contributed by atoms with van der Waals surface area (Å²) in [4.78, 5) is 11.3. The van der Waals surface area contributed by atoms with E-state index in [2.05, 4.69) is 10.6 Å². The fraction of sp³-hybridized carbons (Fsp3) is 0.417. The van der Waals surface area contributed by atoms with E-state index in [1.807, 2.05) is 6.92 Å². The molecule has 0 aromatic heterocycles. The van der Waals surface area contributed by atoms with Gasteiger partial charge in [0.2, 0.25) is 5.91 Å². The van der Waals surface area contributed by atoms with Crippen molar-refractivity contribution in [3.05, 3.63) is 23.0 Å². The summed E-state index contributed by atoms with van der Waals surface area (Å²) in [5.41, 5.74) is 6.47. The van der Waals surface area contributed by atoms with Gasteiger partial charge < -0.3 is 16.4 Å². The Hall–Kier alpha value is -1.49. The third kappa shape index (κ3) is 4.41. The van der Waals surface area contributed by atoms with Gasteiger partial charge in [-0.15, -0.1) is 0 Å². The number of rotatable bonds is 6. The van der Waals surface area contributed by atoms with E-state index in [0.717, 1.165) is 6.42 Å². The van der Waals surface area contributed by atoms with Crippen LogP contribution in [0.5, 0.6) is 0 Å². The molecular weight excluding hydrogens is 257 g/mol. The molecule has 0 spiro atoms. The summed E-state index contributed by atoms with van der Waals surface area (Å²) in [6, 6.07) is 2.57. The summed E-state index contributed by atoms with van der Waals surface area (Å²) >= 11 is 5.58. The molecule has 0 fully saturated rings. The van der Waals surface area contributed by atoms with Crippen molar-refractivity contribution >= 4 is 28.9 Å². The lowest BCUT2D eigenvalue weighted by molar-refractivity contribution is -0.120. The summed E-state index contributed by atoms with van der Waals surface area (Å²) in [5.74, 6) is -0.582. The van der Waals surface area contributed by atoms with Crippen LogP contribution >= 0.6 is 11.6 Å². The van der Waals surface area contributed by atoms with Crippen LogP contribution in [0.25, 0.3) is 0 Å². The van der Waals surface area contributed by atoms with Crippen LogP contribution < -0.4 is 16.4 Å². The van der Waals surface area contributed by atoms with Gasteiger partial charge in [-0.25, -0.2) is 4.39 Å². The molecule has 0 aliphatic carbocycles. The van der Waals surface area contributed by atoms with Crippen LogP contribution in [0.4, 0.5) is 15.8 Å². The number of nitrogens with two attached hydrogens (primary N) is 1. The van der Waals surface area contributed by atoms with Crippen LogP contribution in [0, 0.1) is 5.82 Å².